The largest absolute Gasteiger partial charge is 0.348 e. The molecule has 0 saturated carbocycles. The topological polar surface area (TPSA) is 28.2 Å². The summed E-state index contributed by atoms with van der Waals surface area (Å²) in [5.41, 5.74) is 1.71. The predicted molar refractivity (Wildman–Crippen MR) is 84.1 cm³/mol. The van der Waals surface area contributed by atoms with Gasteiger partial charge in [-0.05, 0) is 18.3 Å². The fraction of sp³-hybridized carbons (Fsp3) is 0.800. The maximum atomic E-state index is 4.86. The van der Waals surface area contributed by atoms with E-state index in [1.54, 1.807) is 0 Å². The van der Waals surface area contributed by atoms with Crippen LogP contribution in [0.25, 0.3) is 0 Å². The Morgan fingerprint density at radius 1 is 1.42 bits per heavy atom. The van der Waals surface area contributed by atoms with Crippen LogP contribution in [0.3, 0.4) is 0 Å². The standard InChI is InChI=1S/C15H27N3S/c1-6-12-13(9-16-11(2)3)19-14(17-12)18-8-7-15(4,5)10-18/h11,16H,6-10H2,1-5H3. The van der Waals surface area contributed by atoms with Crippen molar-refractivity contribution >= 4 is 16.5 Å². The minimum Gasteiger partial charge on any atom is -0.348 e. The van der Waals surface area contributed by atoms with Crippen molar-refractivity contribution in [3.8, 4) is 0 Å². The molecule has 2 heterocycles. The van der Waals surface area contributed by atoms with E-state index in [4.69, 9.17) is 4.98 Å². The van der Waals surface area contributed by atoms with E-state index in [0.29, 0.717) is 11.5 Å². The summed E-state index contributed by atoms with van der Waals surface area (Å²) in [4.78, 5) is 8.73. The van der Waals surface area contributed by atoms with Crippen LogP contribution >= 0.6 is 11.3 Å². The Bertz CT molecular complexity index is 423. The van der Waals surface area contributed by atoms with Gasteiger partial charge in [-0.15, -0.1) is 11.3 Å². The number of hydrogen-bond donors (Lipinski definition) is 1. The molecule has 0 atom stereocenters. The molecule has 0 aliphatic carbocycles. The second-order valence-electron chi connectivity index (χ2n) is 6.59. The first-order valence-electron chi connectivity index (χ1n) is 7.38. The molecule has 2 rings (SSSR count). The van der Waals surface area contributed by atoms with Crippen LogP contribution in [0.1, 0.15) is 51.6 Å². The third-order valence-corrected chi connectivity index (χ3v) is 4.88. The average molecular weight is 281 g/mol. The van der Waals surface area contributed by atoms with Crippen LogP contribution in [0, 0.1) is 5.41 Å². The predicted octanol–water partition coefficient (Wildman–Crippen LogP) is 3.44. The Hall–Kier alpha value is -0.610. The van der Waals surface area contributed by atoms with Gasteiger partial charge in [-0.1, -0.05) is 34.6 Å². The summed E-state index contributed by atoms with van der Waals surface area (Å²) >= 11 is 1.88. The average Bonchev–Trinajstić information content (AvgIpc) is 2.89. The molecule has 1 aromatic heterocycles. The van der Waals surface area contributed by atoms with Crippen molar-refractivity contribution in [1.29, 1.82) is 0 Å². The van der Waals surface area contributed by atoms with Gasteiger partial charge in [0.25, 0.3) is 0 Å². The molecule has 1 aromatic rings. The van der Waals surface area contributed by atoms with Gasteiger partial charge in [0.1, 0.15) is 0 Å². The highest BCUT2D eigenvalue weighted by molar-refractivity contribution is 7.15. The van der Waals surface area contributed by atoms with Gasteiger partial charge in [0.2, 0.25) is 0 Å². The normalized spacial score (nSPS) is 18.5. The SMILES string of the molecule is CCc1nc(N2CCC(C)(C)C2)sc1CNC(C)C. The number of thiazole rings is 1. The second kappa shape index (κ2) is 5.80. The monoisotopic (exact) mass is 281 g/mol. The van der Waals surface area contributed by atoms with E-state index in [1.807, 2.05) is 11.3 Å². The zero-order valence-corrected chi connectivity index (χ0v) is 13.7. The lowest BCUT2D eigenvalue weighted by Crippen LogP contribution is -2.22. The summed E-state index contributed by atoms with van der Waals surface area (Å²) < 4.78 is 0. The molecule has 108 valence electrons. The molecule has 19 heavy (non-hydrogen) atoms. The molecule has 0 spiro atoms. The zero-order valence-electron chi connectivity index (χ0n) is 12.9. The quantitative estimate of drug-likeness (QED) is 0.896. The van der Waals surface area contributed by atoms with Gasteiger partial charge in [-0.2, -0.15) is 0 Å². The second-order valence-corrected chi connectivity index (χ2v) is 7.65. The van der Waals surface area contributed by atoms with Gasteiger partial charge in [-0.3, -0.25) is 0 Å². The van der Waals surface area contributed by atoms with E-state index in [1.165, 1.54) is 22.1 Å². The fourth-order valence-electron chi connectivity index (χ4n) is 2.49. The van der Waals surface area contributed by atoms with Gasteiger partial charge >= 0.3 is 0 Å². The lowest BCUT2D eigenvalue weighted by Gasteiger charge is -2.18. The van der Waals surface area contributed by atoms with E-state index in [-0.39, 0.29) is 0 Å². The third-order valence-electron chi connectivity index (χ3n) is 3.72. The minimum atomic E-state index is 0.439. The first-order chi connectivity index (χ1) is 8.91. The van der Waals surface area contributed by atoms with E-state index in [2.05, 4.69) is 44.8 Å². The lowest BCUT2D eigenvalue weighted by molar-refractivity contribution is 0.418. The van der Waals surface area contributed by atoms with Crippen molar-refractivity contribution in [2.45, 2.75) is 60.0 Å². The van der Waals surface area contributed by atoms with Gasteiger partial charge in [0.05, 0.1) is 5.69 Å². The molecule has 0 bridgehead atoms. The van der Waals surface area contributed by atoms with Crippen LogP contribution in [-0.4, -0.2) is 24.1 Å². The summed E-state index contributed by atoms with van der Waals surface area (Å²) in [7, 11) is 0. The van der Waals surface area contributed by atoms with E-state index in [9.17, 15) is 0 Å². The molecule has 0 amide bonds. The Morgan fingerprint density at radius 2 is 2.16 bits per heavy atom. The lowest BCUT2D eigenvalue weighted by atomic mass is 9.93. The molecule has 1 aliphatic rings. The summed E-state index contributed by atoms with van der Waals surface area (Å²) in [6.07, 6.45) is 2.30. The first-order valence-corrected chi connectivity index (χ1v) is 8.20. The van der Waals surface area contributed by atoms with Crippen LogP contribution in [0.2, 0.25) is 0 Å². The maximum Gasteiger partial charge on any atom is 0.185 e. The van der Waals surface area contributed by atoms with Crippen LogP contribution in [0.4, 0.5) is 5.13 Å². The first kappa shape index (κ1) is 14.8. The number of rotatable bonds is 5. The van der Waals surface area contributed by atoms with Crippen molar-refractivity contribution in [3.05, 3.63) is 10.6 Å². The number of nitrogens with one attached hydrogen (secondary N) is 1. The van der Waals surface area contributed by atoms with E-state index in [0.717, 1.165) is 26.1 Å². The number of nitrogens with zero attached hydrogens (tertiary/aromatic N) is 2. The summed E-state index contributed by atoms with van der Waals surface area (Å²) in [6.45, 7) is 14.5. The van der Waals surface area contributed by atoms with Crippen molar-refractivity contribution in [1.82, 2.24) is 10.3 Å². The smallest absolute Gasteiger partial charge is 0.185 e. The number of aromatic nitrogens is 1. The molecule has 0 unspecified atom stereocenters. The Kier molecular flexibility index (Phi) is 4.51. The van der Waals surface area contributed by atoms with E-state index < -0.39 is 0 Å². The number of aryl methyl sites for hydroxylation is 1. The minimum absolute atomic E-state index is 0.439. The molecule has 1 N–H and O–H groups in total. The highest BCUT2D eigenvalue weighted by Crippen LogP contribution is 2.35. The van der Waals surface area contributed by atoms with Crippen LogP contribution in [-0.2, 0) is 13.0 Å². The Morgan fingerprint density at radius 3 is 2.68 bits per heavy atom. The Balaban J connectivity index is 2.10. The Labute approximate surface area is 121 Å². The highest BCUT2D eigenvalue weighted by Gasteiger charge is 2.31. The molecular weight excluding hydrogens is 254 g/mol. The molecule has 4 heteroatoms. The fourth-order valence-corrected chi connectivity index (χ4v) is 3.62. The van der Waals surface area contributed by atoms with Gasteiger partial charge < -0.3 is 10.2 Å². The van der Waals surface area contributed by atoms with E-state index >= 15 is 0 Å². The molecule has 1 aliphatic heterocycles. The van der Waals surface area contributed by atoms with Crippen LogP contribution in [0.15, 0.2) is 0 Å². The van der Waals surface area contributed by atoms with Crippen molar-refractivity contribution in [2.75, 3.05) is 18.0 Å². The molecule has 1 saturated heterocycles. The molecule has 1 fully saturated rings. The van der Waals surface area contributed by atoms with Crippen LogP contribution < -0.4 is 10.2 Å². The van der Waals surface area contributed by atoms with Gasteiger partial charge in [0.15, 0.2) is 5.13 Å². The van der Waals surface area contributed by atoms with Crippen LogP contribution in [0.5, 0.6) is 0 Å². The highest BCUT2D eigenvalue weighted by atomic mass is 32.1. The summed E-state index contributed by atoms with van der Waals surface area (Å²) in [5, 5.41) is 4.73. The number of anilines is 1. The third kappa shape index (κ3) is 3.69. The zero-order chi connectivity index (χ0) is 14.0. The van der Waals surface area contributed by atoms with Gasteiger partial charge in [-0.25, -0.2) is 4.98 Å². The van der Waals surface area contributed by atoms with Crippen molar-refractivity contribution in [2.24, 2.45) is 5.41 Å². The van der Waals surface area contributed by atoms with Gasteiger partial charge in [0, 0.05) is 30.6 Å². The maximum absolute atomic E-state index is 4.86. The molecule has 3 nitrogen and oxygen atoms in total. The molecule has 0 aromatic carbocycles. The summed E-state index contributed by atoms with van der Waals surface area (Å²) in [6, 6.07) is 0.529. The number of hydrogen-bond acceptors (Lipinski definition) is 4. The molecule has 0 radical (unpaired) electrons. The molecular formula is C15H27N3S. The summed E-state index contributed by atoms with van der Waals surface area (Å²) in [5.74, 6) is 0. The van der Waals surface area contributed by atoms with Crippen molar-refractivity contribution < 1.29 is 0 Å². The van der Waals surface area contributed by atoms with Crippen molar-refractivity contribution in [3.63, 3.8) is 0 Å².